The fourth-order valence-electron chi connectivity index (χ4n) is 8.71. The summed E-state index contributed by atoms with van der Waals surface area (Å²) in [5.74, 6) is -1.28. The van der Waals surface area contributed by atoms with Crippen LogP contribution in [0, 0.1) is 5.92 Å². The van der Waals surface area contributed by atoms with E-state index in [2.05, 4.69) is 25.0 Å². The summed E-state index contributed by atoms with van der Waals surface area (Å²) in [5, 5.41) is 54.4. The van der Waals surface area contributed by atoms with Gasteiger partial charge in [-0.2, -0.15) is 0 Å². The molecule has 0 unspecified atom stereocenters. The van der Waals surface area contributed by atoms with E-state index in [-0.39, 0.29) is 55.7 Å². The van der Waals surface area contributed by atoms with E-state index in [1.54, 1.807) is 41.2 Å². The minimum atomic E-state index is -2.65. The number of nitrogens with one attached hydrogen (secondary N) is 1. The number of rotatable bonds is 13. The number of hydrogen-bond donors (Lipinski definition) is 6. The van der Waals surface area contributed by atoms with Crippen LogP contribution in [-0.2, 0) is 36.0 Å². The molecular weight excluding hydrogens is 739 g/mol. The first-order valence-electron chi connectivity index (χ1n) is 18.7. The van der Waals surface area contributed by atoms with Crippen LogP contribution in [0.4, 0.5) is 11.4 Å². The van der Waals surface area contributed by atoms with Crippen LogP contribution < -0.4 is 20.1 Å². The second-order valence-corrected chi connectivity index (χ2v) is 19.9. The number of carbonyl (C=O) groups is 3. The maximum absolute atomic E-state index is 14.9. The number of hydrogen-bond acceptors (Lipinski definition) is 11. The molecule has 6 rings (SSSR count). The van der Waals surface area contributed by atoms with Gasteiger partial charge in [-0.25, -0.2) is 0 Å². The zero-order chi connectivity index (χ0) is 40.5. The molecule has 2 fully saturated rings. The Morgan fingerprint density at radius 3 is 2.36 bits per heavy atom. The molecule has 15 heteroatoms. The van der Waals surface area contributed by atoms with Gasteiger partial charge in [-0.1, -0.05) is 73.7 Å². The average Bonchev–Trinajstić information content (AvgIpc) is 3.61. The Kier molecular flexibility index (Phi) is 12.2. The molecule has 9 atom stereocenters. The average molecular weight is 790 g/mol. The lowest BCUT2D eigenvalue weighted by Crippen LogP contribution is -2.60. The first kappa shape index (κ1) is 41.2. The van der Waals surface area contributed by atoms with Crippen molar-refractivity contribution in [3.05, 3.63) is 96.6 Å². The molecule has 56 heavy (non-hydrogen) atoms. The first-order valence-corrected chi connectivity index (χ1v) is 21.8. The van der Waals surface area contributed by atoms with Crippen molar-refractivity contribution in [1.29, 1.82) is 0 Å². The van der Waals surface area contributed by atoms with Gasteiger partial charge in [0.25, 0.3) is 11.8 Å². The SMILES string of the molecule is C=CCN1C(=O)[C@]2(O[C@H](CC(=O)N(CCO)Cc3ccccc3)[C@@H]([Si](C)(C)c3ccc(OC)cc3)[C@@H]2C)c2cc(NC(=O)[C@H]3O[C@@H](O)[C@H](O)[C@@H](O)[C@@H]3O)ccc21. The van der Waals surface area contributed by atoms with Crippen molar-refractivity contribution in [3.8, 4) is 5.75 Å². The molecule has 1 spiro atoms. The van der Waals surface area contributed by atoms with Gasteiger partial charge >= 0.3 is 0 Å². The number of aliphatic hydroxyl groups excluding tert-OH is 5. The predicted octanol–water partition coefficient (Wildman–Crippen LogP) is 1.59. The van der Waals surface area contributed by atoms with Crippen LogP contribution >= 0.6 is 0 Å². The van der Waals surface area contributed by atoms with Crippen LogP contribution in [0.25, 0.3) is 0 Å². The van der Waals surface area contributed by atoms with E-state index in [0.29, 0.717) is 17.0 Å². The lowest BCUT2D eigenvalue weighted by atomic mass is 9.82. The Morgan fingerprint density at radius 1 is 1.02 bits per heavy atom. The molecule has 14 nitrogen and oxygen atoms in total. The van der Waals surface area contributed by atoms with Crippen molar-refractivity contribution in [2.24, 2.45) is 5.92 Å². The lowest BCUT2D eigenvalue weighted by Gasteiger charge is -2.37. The standard InChI is InChI=1S/C41H51N3O11Si/c1-6-18-44-30-17-12-26(42-38(50)36-34(48)33(47)35(49)39(51)54-36)21-29(30)41(40(44)52)24(2)37(56(4,5)28-15-13-27(53-3)14-16-28)31(55-41)22-32(46)43(19-20-45)23-25-10-8-7-9-11-25/h6-17,21,24,31,33-37,39,45,47-49,51H,1,18-20,22-23H2,2-5H3,(H,42,50)/t24-,31+,33-,34-,35+,36-,37-,39+,41+/m0/s1. The second-order valence-electron chi connectivity index (χ2n) is 15.2. The van der Waals surface area contributed by atoms with Gasteiger partial charge in [0, 0.05) is 36.8 Å². The third-order valence-electron chi connectivity index (χ3n) is 11.6. The van der Waals surface area contributed by atoms with Gasteiger partial charge < -0.3 is 54.9 Å². The second kappa shape index (κ2) is 16.6. The molecule has 3 aliphatic rings. The number of aliphatic hydroxyl groups is 5. The summed E-state index contributed by atoms with van der Waals surface area (Å²) in [4.78, 5) is 45.8. The number of carbonyl (C=O) groups excluding carboxylic acids is 3. The van der Waals surface area contributed by atoms with Gasteiger partial charge in [-0.3, -0.25) is 14.4 Å². The van der Waals surface area contributed by atoms with Crippen molar-refractivity contribution in [2.75, 3.05) is 37.0 Å². The number of anilines is 2. The molecule has 0 saturated carbocycles. The quantitative estimate of drug-likeness (QED) is 0.109. The van der Waals surface area contributed by atoms with Crippen LogP contribution in [-0.4, -0.2) is 120 Å². The van der Waals surface area contributed by atoms with E-state index in [1.807, 2.05) is 61.5 Å². The molecule has 3 aliphatic heterocycles. The Hall–Kier alpha value is -4.45. The van der Waals surface area contributed by atoms with Crippen molar-refractivity contribution in [2.45, 2.75) is 80.9 Å². The highest BCUT2D eigenvalue weighted by atomic mass is 28.3. The number of nitrogens with zero attached hydrogens (tertiary/aromatic N) is 2. The number of methoxy groups -OCH3 is 1. The van der Waals surface area contributed by atoms with Crippen LogP contribution in [0.15, 0.2) is 85.5 Å². The maximum Gasteiger partial charge on any atom is 0.264 e. The topological polar surface area (TPSA) is 199 Å². The molecule has 3 amide bonds. The van der Waals surface area contributed by atoms with Gasteiger partial charge in [-0.15, -0.1) is 6.58 Å². The Balaban J connectivity index is 1.41. The summed E-state index contributed by atoms with van der Waals surface area (Å²) in [5.41, 5.74) is 0.213. The molecular formula is C41H51N3O11Si. The van der Waals surface area contributed by atoms with Crippen molar-refractivity contribution < 1.29 is 54.1 Å². The Morgan fingerprint density at radius 2 is 1.71 bits per heavy atom. The number of ether oxygens (including phenoxy) is 3. The highest BCUT2D eigenvalue weighted by Crippen LogP contribution is 2.60. The molecule has 0 bridgehead atoms. The third kappa shape index (κ3) is 7.41. The fourth-order valence-corrected chi connectivity index (χ4v) is 12.7. The van der Waals surface area contributed by atoms with E-state index in [0.717, 1.165) is 10.8 Å². The van der Waals surface area contributed by atoms with Gasteiger partial charge in [0.05, 0.1) is 40.0 Å². The molecule has 2 saturated heterocycles. The summed E-state index contributed by atoms with van der Waals surface area (Å²) in [6, 6.07) is 22.2. The van der Waals surface area contributed by atoms with Gasteiger partial charge in [0.15, 0.2) is 18.0 Å². The van der Waals surface area contributed by atoms with E-state index in [1.165, 1.54) is 0 Å². The monoisotopic (exact) mass is 789 g/mol. The Labute approximate surface area is 326 Å². The van der Waals surface area contributed by atoms with Gasteiger partial charge in [-0.05, 0) is 41.4 Å². The van der Waals surface area contributed by atoms with Gasteiger partial charge in [0.2, 0.25) is 5.91 Å². The minimum Gasteiger partial charge on any atom is -0.497 e. The molecule has 0 radical (unpaired) electrons. The van der Waals surface area contributed by atoms with Crippen molar-refractivity contribution in [1.82, 2.24) is 4.90 Å². The van der Waals surface area contributed by atoms with E-state index >= 15 is 0 Å². The first-order chi connectivity index (χ1) is 26.7. The lowest BCUT2D eigenvalue weighted by molar-refractivity contribution is -0.274. The van der Waals surface area contributed by atoms with E-state index in [9.17, 15) is 39.9 Å². The third-order valence-corrected chi connectivity index (χ3v) is 15.9. The Bertz CT molecular complexity index is 1910. The number of fused-ring (bicyclic) bond motifs is 2. The fraction of sp³-hybridized carbons (Fsp3) is 0.439. The normalized spacial score (nSPS) is 28.6. The zero-order valence-corrected chi connectivity index (χ0v) is 32.9. The van der Waals surface area contributed by atoms with Crippen LogP contribution in [0.2, 0.25) is 18.6 Å². The molecule has 0 aromatic heterocycles. The van der Waals surface area contributed by atoms with Crippen molar-refractivity contribution in [3.63, 3.8) is 0 Å². The van der Waals surface area contributed by atoms with Crippen LogP contribution in [0.3, 0.4) is 0 Å². The highest BCUT2D eigenvalue weighted by Gasteiger charge is 2.66. The zero-order valence-electron chi connectivity index (χ0n) is 31.9. The summed E-state index contributed by atoms with van der Waals surface area (Å²) >= 11 is 0. The smallest absolute Gasteiger partial charge is 0.264 e. The van der Waals surface area contributed by atoms with Crippen LogP contribution in [0.1, 0.15) is 24.5 Å². The summed E-state index contributed by atoms with van der Waals surface area (Å²) in [6.45, 7) is 10.5. The predicted molar refractivity (Wildman–Crippen MR) is 210 cm³/mol. The number of amides is 3. The summed E-state index contributed by atoms with van der Waals surface area (Å²) < 4.78 is 17.7. The van der Waals surface area contributed by atoms with E-state index < -0.39 is 62.3 Å². The largest absolute Gasteiger partial charge is 0.497 e. The highest BCUT2D eigenvalue weighted by molar-refractivity contribution is 6.91. The summed E-state index contributed by atoms with van der Waals surface area (Å²) in [6.07, 6.45) is -8.33. The van der Waals surface area contributed by atoms with E-state index in [4.69, 9.17) is 14.2 Å². The molecule has 6 N–H and O–H groups in total. The molecule has 0 aliphatic carbocycles. The van der Waals surface area contributed by atoms with Gasteiger partial charge in [0.1, 0.15) is 24.1 Å². The molecule has 3 aromatic rings. The molecule has 3 aromatic carbocycles. The molecule has 300 valence electrons. The maximum atomic E-state index is 14.9. The number of benzene rings is 3. The molecule has 3 heterocycles. The van der Waals surface area contributed by atoms with Crippen LogP contribution in [0.5, 0.6) is 5.75 Å². The van der Waals surface area contributed by atoms with Crippen molar-refractivity contribution >= 4 is 42.4 Å². The summed E-state index contributed by atoms with van der Waals surface area (Å²) in [7, 11) is -1.05. The minimum absolute atomic E-state index is 0.0654.